The van der Waals surface area contributed by atoms with E-state index in [2.05, 4.69) is 45.9 Å². The Kier molecular flexibility index (Phi) is 3.93. The molecule has 3 nitrogen and oxygen atoms in total. The van der Waals surface area contributed by atoms with Gasteiger partial charge in [0.2, 0.25) is 0 Å². The summed E-state index contributed by atoms with van der Waals surface area (Å²) in [6, 6.07) is 7.37. The number of anilines is 1. The van der Waals surface area contributed by atoms with Crippen molar-refractivity contribution in [2.24, 2.45) is 0 Å². The smallest absolute Gasteiger partial charge is 0.311 e. The summed E-state index contributed by atoms with van der Waals surface area (Å²) < 4.78 is 0.999. The minimum atomic E-state index is -1.56. The Morgan fingerprint density at radius 2 is 1.73 bits per heavy atom. The van der Waals surface area contributed by atoms with Crippen LogP contribution in [0.1, 0.15) is 0 Å². The highest BCUT2D eigenvalue weighted by molar-refractivity contribution is 9.10. The Hall–Kier alpha value is -0.813. The van der Waals surface area contributed by atoms with Crippen LogP contribution in [0.5, 0.6) is 0 Å². The standard InChI is InChI=1S/C10H15BrN2OSi/c1-15(2,3)13-10(14)12-9-6-4-8(11)5-7-9/h4-7H,1-3H3,(H2,12,13,14). The lowest BCUT2D eigenvalue weighted by Gasteiger charge is -2.18. The number of rotatable bonds is 2. The Morgan fingerprint density at radius 1 is 1.20 bits per heavy atom. The molecule has 1 aromatic carbocycles. The van der Waals surface area contributed by atoms with E-state index >= 15 is 0 Å². The highest BCUT2D eigenvalue weighted by Crippen LogP contribution is 2.13. The van der Waals surface area contributed by atoms with E-state index in [0.29, 0.717) is 0 Å². The summed E-state index contributed by atoms with van der Waals surface area (Å²) >= 11 is 3.34. The lowest BCUT2D eigenvalue weighted by atomic mass is 10.3. The minimum absolute atomic E-state index is 0.128. The number of benzene rings is 1. The van der Waals surface area contributed by atoms with E-state index < -0.39 is 8.24 Å². The van der Waals surface area contributed by atoms with Crippen LogP contribution in [0.3, 0.4) is 0 Å². The zero-order valence-corrected chi connectivity index (χ0v) is 11.7. The monoisotopic (exact) mass is 286 g/mol. The average Bonchev–Trinajstić information content (AvgIpc) is 2.05. The van der Waals surface area contributed by atoms with E-state index in [0.717, 1.165) is 10.2 Å². The average molecular weight is 287 g/mol. The van der Waals surface area contributed by atoms with Gasteiger partial charge in [-0.25, -0.2) is 4.79 Å². The summed E-state index contributed by atoms with van der Waals surface area (Å²) in [6.07, 6.45) is 0. The van der Waals surface area contributed by atoms with Crippen LogP contribution in [0.25, 0.3) is 0 Å². The molecule has 0 aliphatic rings. The summed E-state index contributed by atoms with van der Waals surface area (Å²) in [5.74, 6) is 0. The molecule has 0 radical (unpaired) electrons. The maximum absolute atomic E-state index is 11.5. The molecule has 1 rings (SSSR count). The zero-order chi connectivity index (χ0) is 11.5. The van der Waals surface area contributed by atoms with Gasteiger partial charge < -0.3 is 10.3 Å². The predicted octanol–water partition coefficient (Wildman–Crippen LogP) is 3.41. The van der Waals surface area contributed by atoms with E-state index in [-0.39, 0.29) is 6.03 Å². The Bertz CT molecular complexity index is 345. The lowest BCUT2D eigenvalue weighted by Crippen LogP contribution is -2.47. The molecule has 0 atom stereocenters. The second-order valence-corrected chi connectivity index (χ2v) is 10.0. The van der Waals surface area contributed by atoms with Crippen molar-refractivity contribution in [2.75, 3.05) is 5.32 Å². The second-order valence-electron chi connectivity index (χ2n) is 4.34. The van der Waals surface area contributed by atoms with Gasteiger partial charge in [-0.2, -0.15) is 0 Å². The van der Waals surface area contributed by atoms with Gasteiger partial charge in [-0.1, -0.05) is 35.6 Å². The molecule has 15 heavy (non-hydrogen) atoms. The maximum atomic E-state index is 11.5. The Balaban J connectivity index is 2.55. The van der Waals surface area contributed by atoms with Crippen molar-refractivity contribution in [3.05, 3.63) is 28.7 Å². The molecular formula is C10H15BrN2OSi. The van der Waals surface area contributed by atoms with Gasteiger partial charge in [-0.05, 0) is 24.3 Å². The fourth-order valence-electron chi connectivity index (χ4n) is 1.04. The van der Waals surface area contributed by atoms with E-state index in [1.54, 1.807) is 0 Å². The van der Waals surface area contributed by atoms with Gasteiger partial charge in [-0.3, -0.25) is 0 Å². The molecule has 0 fully saturated rings. The molecule has 0 bridgehead atoms. The summed E-state index contributed by atoms with van der Waals surface area (Å²) in [4.78, 5) is 14.5. The largest absolute Gasteiger partial charge is 0.365 e. The van der Waals surface area contributed by atoms with Gasteiger partial charge in [0.05, 0.1) is 0 Å². The number of amides is 2. The van der Waals surface area contributed by atoms with E-state index in [1.165, 1.54) is 0 Å². The highest BCUT2D eigenvalue weighted by Gasteiger charge is 2.16. The molecule has 2 amide bonds. The number of carbonyl (C=O) groups is 1. The molecule has 1 aromatic rings. The Morgan fingerprint density at radius 3 is 2.20 bits per heavy atom. The zero-order valence-electron chi connectivity index (χ0n) is 9.10. The summed E-state index contributed by atoms with van der Waals surface area (Å²) in [6.45, 7) is 6.23. The lowest BCUT2D eigenvalue weighted by molar-refractivity contribution is 0.256. The third-order valence-corrected chi connectivity index (χ3v) is 3.10. The number of carbonyl (C=O) groups excluding carboxylic acids is 1. The summed E-state index contributed by atoms with van der Waals surface area (Å²) in [5, 5.41) is 2.79. The van der Waals surface area contributed by atoms with Crippen LogP contribution in [0.4, 0.5) is 10.5 Å². The summed E-state index contributed by atoms with van der Waals surface area (Å²) in [5.41, 5.74) is 0.800. The van der Waals surface area contributed by atoms with Crippen LogP contribution >= 0.6 is 15.9 Å². The van der Waals surface area contributed by atoms with Gasteiger partial charge in [0.1, 0.15) is 8.24 Å². The van der Waals surface area contributed by atoms with Crippen molar-refractivity contribution in [2.45, 2.75) is 19.6 Å². The normalized spacial score (nSPS) is 10.9. The quantitative estimate of drug-likeness (QED) is 0.804. The van der Waals surface area contributed by atoms with Crippen molar-refractivity contribution in [1.29, 1.82) is 0 Å². The molecule has 0 saturated carbocycles. The topological polar surface area (TPSA) is 41.1 Å². The SMILES string of the molecule is C[Si](C)(C)NC(=O)Nc1ccc(Br)cc1. The molecule has 0 saturated heterocycles. The van der Waals surface area contributed by atoms with Crippen molar-refractivity contribution in [3.8, 4) is 0 Å². The van der Waals surface area contributed by atoms with Crippen molar-refractivity contribution < 1.29 is 4.79 Å². The number of hydrogen-bond acceptors (Lipinski definition) is 1. The van der Waals surface area contributed by atoms with Gasteiger partial charge >= 0.3 is 6.03 Å². The van der Waals surface area contributed by atoms with Crippen molar-refractivity contribution >= 4 is 35.9 Å². The van der Waals surface area contributed by atoms with E-state index in [4.69, 9.17) is 0 Å². The molecule has 0 heterocycles. The van der Waals surface area contributed by atoms with Crippen LogP contribution in [-0.4, -0.2) is 14.3 Å². The maximum Gasteiger partial charge on any atom is 0.311 e. The van der Waals surface area contributed by atoms with E-state index in [1.807, 2.05) is 24.3 Å². The van der Waals surface area contributed by atoms with Gasteiger partial charge in [0.15, 0.2) is 0 Å². The first kappa shape index (κ1) is 12.3. The number of hydrogen-bond donors (Lipinski definition) is 2. The van der Waals surface area contributed by atoms with Gasteiger partial charge in [0, 0.05) is 10.2 Å². The molecule has 82 valence electrons. The first-order valence-electron chi connectivity index (χ1n) is 4.71. The first-order chi connectivity index (χ1) is 6.87. The van der Waals surface area contributed by atoms with Crippen molar-refractivity contribution in [3.63, 3.8) is 0 Å². The molecule has 0 unspecified atom stereocenters. The van der Waals surface area contributed by atoms with Gasteiger partial charge in [0.25, 0.3) is 0 Å². The molecule has 0 aliphatic carbocycles. The first-order valence-corrected chi connectivity index (χ1v) is 9.01. The minimum Gasteiger partial charge on any atom is -0.365 e. The Labute approximate surface area is 99.5 Å². The van der Waals surface area contributed by atoms with Crippen molar-refractivity contribution in [1.82, 2.24) is 4.98 Å². The number of urea groups is 1. The molecule has 0 aromatic heterocycles. The third-order valence-electron chi connectivity index (χ3n) is 1.59. The van der Waals surface area contributed by atoms with E-state index in [9.17, 15) is 4.79 Å². The van der Waals surface area contributed by atoms with Gasteiger partial charge in [-0.15, -0.1) is 0 Å². The molecule has 0 spiro atoms. The molecule has 2 N–H and O–H groups in total. The number of nitrogens with one attached hydrogen (secondary N) is 2. The fourth-order valence-corrected chi connectivity index (χ4v) is 2.04. The second kappa shape index (κ2) is 4.81. The highest BCUT2D eigenvalue weighted by atomic mass is 79.9. The molecule has 5 heteroatoms. The fraction of sp³-hybridized carbons (Fsp3) is 0.300. The molecule has 0 aliphatic heterocycles. The predicted molar refractivity (Wildman–Crippen MR) is 69.6 cm³/mol. The summed E-state index contributed by atoms with van der Waals surface area (Å²) in [7, 11) is -1.56. The molecular weight excluding hydrogens is 272 g/mol. The van der Waals surface area contributed by atoms with Crippen LogP contribution in [-0.2, 0) is 0 Å². The third kappa shape index (κ3) is 4.99. The van der Waals surface area contributed by atoms with Crippen LogP contribution in [0, 0.1) is 0 Å². The van der Waals surface area contributed by atoms with Crippen LogP contribution < -0.4 is 10.3 Å². The number of halogens is 1. The van der Waals surface area contributed by atoms with Crippen LogP contribution in [0.15, 0.2) is 28.7 Å². The van der Waals surface area contributed by atoms with Crippen LogP contribution in [0.2, 0.25) is 19.6 Å².